The first-order valence-electron chi connectivity index (χ1n) is 5.15. The smallest absolute Gasteiger partial charge is 0.0620 e. The van der Waals surface area contributed by atoms with E-state index >= 15 is 0 Å². The van der Waals surface area contributed by atoms with Crippen LogP contribution in [-0.4, -0.2) is 0 Å². The van der Waals surface area contributed by atoms with E-state index in [1.807, 2.05) is 48.6 Å². The van der Waals surface area contributed by atoms with E-state index in [-0.39, 0.29) is 0 Å². The molecule has 4 heteroatoms. The Bertz CT molecular complexity index is 553. The van der Waals surface area contributed by atoms with Crippen molar-refractivity contribution in [3.8, 4) is 0 Å². The van der Waals surface area contributed by atoms with Gasteiger partial charge in [-0.25, -0.2) is 0 Å². The molecule has 92 valence electrons. The Morgan fingerprint density at radius 1 is 0.833 bits per heavy atom. The molecule has 0 unspecified atom stereocenters. The fraction of sp³-hybridized carbons (Fsp3) is 0. The van der Waals surface area contributed by atoms with Crippen molar-refractivity contribution >= 4 is 67.2 Å². The highest BCUT2D eigenvalue weighted by Crippen LogP contribution is 2.30. The quantitative estimate of drug-likeness (QED) is 0.487. The Kier molecular flexibility index (Phi) is 4.91. The van der Waals surface area contributed by atoms with E-state index < -0.39 is 0 Å². The molecular formula is C14H8Br2Cl2. The first-order chi connectivity index (χ1) is 8.59. The van der Waals surface area contributed by atoms with Crippen LogP contribution >= 0.6 is 55.1 Å². The maximum Gasteiger partial charge on any atom is 0.0620 e. The van der Waals surface area contributed by atoms with Gasteiger partial charge in [-0.15, -0.1) is 0 Å². The molecule has 0 nitrogen and oxygen atoms in total. The largest absolute Gasteiger partial charge is 0.0831 e. The van der Waals surface area contributed by atoms with Crippen LogP contribution in [0.1, 0.15) is 11.1 Å². The maximum atomic E-state index is 6.19. The lowest BCUT2D eigenvalue weighted by atomic mass is 10.1. The van der Waals surface area contributed by atoms with Crippen LogP contribution < -0.4 is 0 Å². The Labute approximate surface area is 133 Å². The van der Waals surface area contributed by atoms with Gasteiger partial charge in [-0.1, -0.05) is 59.6 Å². The molecule has 0 aliphatic heterocycles. The Morgan fingerprint density at radius 3 is 2.22 bits per heavy atom. The molecule has 0 bridgehead atoms. The van der Waals surface area contributed by atoms with Crippen LogP contribution in [0.25, 0.3) is 12.2 Å². The molecule has 18 heavy (non-hydrogen) atoms. The highest BCUT2D eigenvalue weighted by Gasteiger charge is 2.02. The summed E-state index contributed by atoms with van der Waals surface area (Å²) in [7, 11) is 0. The molecule has 0 aromatic heterocycles. The van der Waals surface area contributed by atoms with E-state index in [4.69, 9.17) is 23.2 Å². The normalized spacial score (nSPS) is 11.1. The van der Waals surface area contributed by atoms with Crippen molar-refractivity contribution in [3.05, 3.63) is 66.5 Å². The molecular weight excluding hydrogens is 399 g/mol. The van der Waals surface area contributed by atoms with Crippen LogP contribution in [-0.2, 0) is 0 Å². The molecule has 0 atom stereocenters. The van der Waals surface area contributed by atoms with Gasteiger partial charge >= 0.3 is 0 Å². The molecule has 0 N–H and O–H groups in total. The van der Waals surface area contributed by atoms with E-state index in [0.717, 1.165) is 20.1 Å². The summed E-state index contributed by atoms with van der Waals surface area (Å²) in [4.78, 5) is 0. The van der Waals surface area contributed by atoms with Gasteiger partial charge in [-0.2, -0.15) is 0 Å². The molecule has 2 aromatic carbocycles. The predicted octanol–water partition coefficient (Wildman–Crippen LogP) is 6.69. The van der Waals surface area contributed by atoms with Gasteiger partial charge in [-0.3, -0.25) is 0 Å². The van der Waals surface area contributed by atoms with Gasteiger partial charge in [-0.05, 0) is 55.1 Å². The molecule has 0 amide bonds. The predicted molar refractivity (Wildman–Crippen MR) is 87.2 cm³/mol. The summed E-state index contributed by atoms with van der Waals surface area (Å²) in [6, 6.07) is 11.6. The lowest BCUT2D eigenvalue weighted by Gasteiger charge is -2.02. The lowest BCUT2D eigenvalue weighted by molar-refractivity contribution is 1.59. The van der Waals surface area contributed by atoms with Gasteiger partial charge in [0.15, 0.2) is 0 Å². The molecule has 0 spiro atoms. The van der Waals surface area contributed by atoms with Gasteiger partial charge in [0, 0.05) is 8.95 Å². The zero-order valence-corrected chi connectivity index (χ0v) is 13.8. The fourth-order valence-corrected chi connectivity index (χ4v) is 2.63. The van der Waals surface area contributed by atoms with Gasteiger partial charge in [0.25, 0.3) is 0 Å². The van der Waals surface area contributed by atoms with Gasteiger partial charge < -0.3 is 0 Å². The molecule has 0 fully saturated rings. The standard InChI is InChI=1S/C14H8Br2Cl2/c15-11-5-1-4-10(14(11)18)8-7-9-3-2-6-12(17)13(9)16/h1-8H. The fourth-order valence-electron chi connectivity index (χ4n) is 1.48. The summed E-state index contributed by atoms with van der Waals surface area (Å²) in [6.45, 7) is 0. The van der Waals surface area contributed by atoms with E-state index in [1.165, 1.54) is 0 Å². The second kappa shape index (κ2) is 6.25. The first kappa shape index (κ1) is 14.1. The Balaban J connectivity index is 2.36. The van der Waals surface area contributed by atoms with Gasteiger partial charge in [0.2, 0.25) is 0 Å². The summed E-state index contributed by atoms with van der Waals surface area (Å²) in [5.41, 5.74) is 1.97. The van der Waals surface area contributed by atoms with E-state index in [0.29, 0.717) is 10.0 Å². The van der Waals surface area contributed by atoms with E-state index in [2.05, 4.69) is 31.9 Å². The topological polar surface area (TPSA) is 0 Å². The Morgan fingerprint density at radius 2 is 1.44 bits per heavy atom. The molecule has 0 heterocycles. The number of rotatable bonds is 2. The van der Waals surface area contributed by atoms with Crippen molar-refractivity contribution in [2.24, 2.45) is 0 Å². The summed E-state index contributed by atoms with van der Waals surface area (Å²) in [5.74, 6) is 0. The average molecular weight is 407 g/mol. The second-order valence-corrected chi connectivity index (χ2v) is 6.05. The van der Waals surface area contributed by atoms with Crippen molar-refractivity contribution in [1.82, 2.24) is 0 Å². The molecule has 0 saturated heterocycles. The third-order valence-electron chi connectivity index (χ3n) is 2.41. The van der Waals surface area contributed by atoms with Crippen molar-refractivity contribution < 1.29 is 0 Å². The molecule has 0 aliphatic rings. The molecule has 0 aliphatic carbocycles. The highest BCUT2D eigenvalue weighted by molar-refractivity contribution is 9.11. The lowest BCUT2D eigenvalue weighted by Crippen LogP contribution is -1.79. The third kappa shape index (κ3) is 3.18. The minimum Gasteiger partial charge on any atom is -0.0831 e. The summed E-state index contributed by atoms with van der Waals surface area (Å²) in [6.07, 6.45) is 3.94. The zero-order valence-electron chi connectivity index (χ0n) is 9.13. The molecule has 0 saturated carbocycles. The summed E-state index contributed by atoms with van der Waals surface area (Å²) < 4.78 is 1.77. The first-order valence-corrected chi connectivity index (χ1v) is 7.50. The Hall–Kier alpha value is -0.280. The SMILES string of the molecule is Clc1cccc(C=Cc2cccc(Br)c2Cl)c1Br. The molecule has 0 radical (unpaired) electrons. The minimum absolute atomic E-state index is 0.692. The van der Waals surface area contributed by atoms with Crippen LogP contribution in [0, 0.1) is 0 Å². The average Bonchev–Trinajstić information content (AvgIpc) is 2.36. The number of hydrogen-bond donors (Lipinski definition) is 0. The van der Waals surface area contributed by atoms with Gasteiger partial charge in [0.05, 0.1) is 10.0 Å². The molecule has 2 aromatic rings. The minimum atomic E-state index is 0.692. The van der Waals surface area contributed by atoms with E-state index in [1.54, 1.807) is 0 Å². The van der Waals surface area contributed by atoms with Gasteiger partial charge in [0.1, 0.15) is 0 Å². The van der Waals surface area contributed by atoms with Crippen LogP contribution in [0.15, 0.2) is 45.3 Å². The monoisotopic (exact) mass is 404 g/mol. The second-order valence-electron chi connectivity index (χ2n) is 3.62. The van der Waals surface area contributed by atoms with Crippen molar-refractivity contribution in [2.45, 2.75) is 0 Å². The van der Waals surface area contributed by atoms with Crippen molar-refractivity contribution in [1.29, 1.82) is 0 Å². The summed E-state index contributed by atoms with van der Waals surface area (Å²) in [5, 5.41) is 1.39. The highest BCUT2D eigenvalue weighted by atomic mass is 79.9. The van der Waals surface area contributed by atoms with Crippen LogP contribution in [0.3, 0.4) is 0 Å². The third-order valence-corrected chi connectivity index (χ3v) is 5.14. The maximum absolute atomic E-state index is 6.19. The van der Waals surface area contributed by atoms with Crippen LogP contribution in [0.4, 0.5) is 0 Å². The number of hydrogen-bond acceptors (Lipinski definition) is 0. The zero-order chi connectivity index (χ0) is 13.1. The van der Waals surface area contributed by atoms with E-state index in [9.17, 15) is 0 Å². The molecule has 2 rings (SSSR count). The van der Waals surface area contributed by atoms with Crippen molar-refractivity contribution in [2.75, 3.05) is 0 Å². The number of halogens is 4. The summed E-state index contributed by atoms with van der Waals surface area (Å²) >= 11 is 19.1. The van der Waals surface area contributed by atoms with Crippen LogP contribution in [0.2, 0.25) is 10.0 Å². The van der Waals surface area contributed by atoms with Crippen LogP contribution in [0.5, 0.6) is 0 Å². The number of benzene rings is 2. The van der Waals surface area contributed by atoms with Crippen molar-refractivity contribution in [3.63, 3.8) is 0 Å².